The van der Waals surface area contributed by atoms with Gasteiger partial charge in [-0.3, -0.25) is 9.63 Å². The molecule has 0 radical (unpaired) electrons. The van der Waals surface area contributed by atoms with Gasteiger partial charge < -0.3 is 4.74 Å². The first-order chi connectivity index (χ1) is 8.36. The molecule has 0 saturated carbocycles. The summed E-state index contributed by atoms with van der Waals surface area (Å²) in [4.78, 5) is 16.9. The molecule has 0 aliphatic carbocycles. The van der Waals surface area contributed by atoms with Crippen molar-refractivity contribution in [2.24, 2.45) is 5.92 Å². The highest BCUT2D eigenvalue weighted by atomic mass is 16.7. The zero-order valence-electron chi connectivity index (χ0n) is 9.72. The van der Waals surface area contributed by atoms with Crippen molar-refractivity contribution in [2.45, 2.75) is 12.8 Å². The van der Waals surface area contributed by atoms with Crippen LogP contribution in [0.25, 0.3) is 0 Å². The van der Waals surface area contributed by atoms with E-state index < -0.39 is 0 Å². The number of benzene rings is 1. The van der Waals surface area contributed by atoms with Gasteiger partial charge in [0.05, 0.1) is 6.61 Å². The van der Waals surface area contributed by atoms with Crippen LogP contribution in [-0.4, -0.2) is 25.7 Å². The van der Waals surface area contributed by atoms with E-state index in [4.69, 9.17) is 9.57 Å². The summed E-state index contributed by atoms with van der Waals surface area (Å²) in [6.45, 7) is 2.14. The first-order valence-electron chi connectivity index (χ1n) is 5.91. The number of amides is 1. The molecule has 1 aliphatic rings. The van der Waals surface area contributed by atoms with Gasteiger partial charge in [-0.1, -0.05) is 18.2 Å². The van der Waals surface area contributed by atoms with Gasteiger partial charge >= 0.3 is 0 Å². The molecule has 1 fully saturated rings. The van der Waals surface area contributed by atoms with E-state index in [0.717, 1.165) is 26.1 Å². The highest BCUT2D eigenvalue weighted by Crippen LogP contribution is 2.14. The van der Waals surface area contributed by atoms with E-state index in [1.165, 1.54) is 0 Å². The molecule has 2 rings (SSSR count). The minimum atomic E-state index is -0.197. The van der Waals surface area contributed by atoms with Gasteiger partial charge in [-0.05, 0) is 30.9 Å². The Kier molecular flexibility index (Phi) is 4.53. The third-order valence-electron chi connectivity index (χ3n) is 2.86. The Morgan fingerprint density at radius 2 is 2.00 bits per heavy atom. The van der Waals surface area contributed by atoms with E-state index in [2.05, 4.69) is 5.48 Å². The highest BCUT2D eigenvalue weighted by Gasteiger charge is 2.14. The summed E-state index contributed by atoms with van der Waals surface area (Å²) in [5, 5.41) is 0. The van der Waals surface area contributed by atoms with Crippen LogP contribution in [0.4, 0.5) is 0 Å². The van der Waals surface area contributed by atoms with Crippen LogP contribution in [0, 0.1) is 5.92 Å². The van der Waals surface area contributed by atoms with Crippen molar-refractivity contribution in [1.82, 2.24) is 5.48 Å². The lowest BCUT2D eigenvalue weighted by Gasteiger charge is -2.21. The van der Waals surface area contributed by atoms with Crippen molar-refractivity contribution >= 4 is 5.91 Å². The number of hydrogen-bond donors (Lipinski definition) is 1. The Balaban J connectivity index is 1.69. The van der Waals surface area contributed by atoms with Crippen LogP contribution in [0.3, 0.4) is 0 Å². The summed E-state index contributed by atoms with van der Waals surface area (Å²) in [5.41, 5.74) is 3.08. The summed E-state index contributed by atoms with van der Waals surface area (Å²) in [6.07, 6.45) is 2.00. The number of ether oxygens (including phenoxy) is 1. The molecule has 1 N–H and O–H groups in total. The van der Waals surface area contributed by atoms with E-state index in [-0.39, 0.29) is 5.91 Å². The predicted molar refractivity (Wildman–Crippen MR) is 63.4 cm³/mol. The highest BCUT2D eigenvalue weighted by molar-refractivity contribution is 5.93. The predicted octanol–water partition coefficient (Wildman–Crippen LogP) is 1.77. The lowest BCUT2D eigenvalue weighted by molar-refractivity contribution is -0.0134. The summed E-state index contributed by atoms with van der Waals surface area (Å²) in [6, 6.07) is 9.04. The molecule has 1 aromatic rings. The third kappa shape index (κ3) is 3.84. The average Bonchev–Trinajstić information content (AvgIpc) is 2.41. The van der Waals surface area contributed by atoms with Gasteiger partial charge in [-0.25, -0.2) is 5.48 Å². The first kappa shape index (κ1) is 12.1. The molecule has 1 heterocycles. The molecule has 0 atom stereocenters. The molecule has 1 aromatic carbocycles. The number of carbonyl (C=O) groups is 1. The summed E-state index contributed by atoms with van der Waals surface area (Å²) >= 11 is 0. The molecule has 17 heavy (non-hydrogen) atoms. The summed E-state index contributed by atoms with van der Waals surface area (Å²) in [5.74, 6) is 0.289. The number of rotatable bonds is 4. The van der Waals surface area contributed by atoms with E-state index in [0.29, 0.717) is 18.1 Å². The minimum Gasteiger partial charge on any atom is -0.381 e. The Hall–Kier alpha value is -1.39. The van der Waals surface area contributed by atoms with Crippen LogP contribution < -0.4 is 5.48 Å². The summed E-state index contributed by atoms with van der Waals surface area (Å²) in [7, 11) is 0. The average molecular weight is 235 g/mol. The molecule has 92 valence electrons. The van der Waals surface area contributed by atoms with Crippen molar-refractivity contribution in [3.8, 4) is 0 Å². The minimum absolute atomic E-state index is 0.197. The van der Waals surface area contributed by atoms with Crippen LogP contribution in [0.1, 0.15) is 23.2 Å². The fourth-order valence-electron chi connectivity index (χ4n) is 1.79. The Bertz CT molecular complexity index is 347. The van der Waals surface area contributed by atoms with Crippen molar-refractivity contribution in [3.05, 3.63) is 35.9 Å². The molecule has 1 saturated heterocycles. The lowest BCUT2D eigenvalue weighted by Crippen LogP contribution is -2.28. The molecule has 0 bridgehead atoms. The molecular weight excluding hydrogens is 218 g/mol. The molecule has 0 unspecified atom stereocenters. The smallest absolute Gasteiger partial charge is 0.274 e. The van der Waals surface area contributed by atoms with Crippen molar-refractivity contribution in [1.29, 1.82) is 0 Å². The van der Waals surface area contributed by atoms with Gasteiger partial charge in [-0.2, -0.15) is 0 Å². The second-order valence-electron chi connectivity index (χ2n) is 4.16. The fraction of sp³-hybridized carbons (Fsp3) is 0.462. The zero-order chi connectivity index (χ0) is 11.9. The van der Waals surface area contributed by atoms with Gasteiger partial charge in [0.1, 0.15) is 0 Å². The van der Waals surface area contributed by atoms with Crippen LogP contribution >= 0.6 is 0 Å². The monoisotopic (exact) mass is 235 g/mol. The largest absolute Gasteiger partial charge is 0.381 e. The van der Waals surface area contributed by atoms with E-state index in [1.807, 2.05) is 18.2 Å². The standard InChI is InChI=1S/C13H17NO3/c15-13(12-4-2-1-3-5-12)14-17-10-11-6-8-16-9-7-11/h1-5,11H,6-10H2,(H,14,15). The normalized spacial score (nSPS) is 16.7. The van der Waals surface area contributed by atoms with E-state index >= 15 is 0 Å². The van der Waals surface area contributed by atoms with Crippen LogP contribution in [0.2, 0.25) is 0 Å². The second kappa shape index (κ2) is 6.37. The number of carbonyl (C=O) groups excluding carboxylic acids is 1. The third-order valence-corrected chi connectivity index (χ3v) is 2.86. The maximum Gasteiger partial charge on any atom is 0.274 e. The van der Waals surface area contributed by atoms with Gasteiger partial charge in [-0.15, -0.1) is 0 Å². The summed E-state index contributed by atoms with van der Waals surface area (Å²) < 4.78 is 5.25. The topological polar surface area (TPSA) is 47.6 Å². The Labute approximate surface area is 101 Å². The Morgan fingerprint density at radius 3 is 2.71 bits per heavy atom. The SMILES string of the molecule is O=C(NOCC1CCOCC1)c1ccccc1. The lowest BCUT2D eigenvalue weighted by atomic mass is 10.0. The Morgan fingerprint density at radius 1 is 1.29 bits per heavy atom. The first-order valence-corrected chi connectivity index (χ1v) is 5.91. The molecule has 1 amide bonds. The van der Waals surface area contributed by atoms with Crippen molar-refractivity contribution < 1.29 is 14.4 Å². The molecular formula is C13H17NO3. The van der Waals surface area contributed by atoms with Gasteiger partial charge in [0, 0.05) is 18.8 Å². The number of hydrogen-bond acceptors (Lipinski definition) is 3. The van der Waals surface area contributed by atoms with E-state index in [1.54, 1.807) is 12.1 Å². The van der Waals surface area contributed by atoms with Crippen LogP contribution in [0.15, 0.2) is 30.3 Å². The maximum absolute atomic E-state index is 11.6. The quantitative estimate of drug-likeness (QED) is 0.809. The molecule has 1 aliphatic heterocycles. The maximum atomic E-state index is 11.6. The molecule has 4 nitrogen and oxygen atoms in total. The second-order valence-corrected chi connectivity index (χ2v) is 4.16. The van der Waals surface area contributed by atoms with Crippen molar-refractivity contribution in [2.75, 3.05) is 19.8 Å². The van der Waals surface area contributed by atoms with Gasteiger partial charge in [0.2, 0.25) is 0 Å². The molecule has 0 aromatic heterocycles. The number of hydroxylamine groups is 1. The van der Waals surface area contributed by atoms with Crippen molar-refractivity contribution in [3.63, 3.8) is 0 Å². The van der Waals surface area contributed by atoms with Crippen LogP contribution in [-0.2, 0) is 9.57 Å². The molecule has 4 heteroatoms. The van der Waals surface area contributed by atoms with Crippen LogP contribution in [0.5, 0.6) is 0 Å². The fourth-order valence-corrected chi connectivity index (χ4v) is 1.79. The zero-order valence-corrected chi connectivity index (χ0v) is 9.72. The molecule has 0 spiro atoms. The van der Waals surface area contributed by atoms with Gasteiger partial charge in [0.25, 0.3) is 5.91 Å². The van der Waals surface area contributed by atoms with E-state index in [9.17, 15) is 4.79 Å². The van der Waals surface area contributed by atoms with Gasteiger partial charge in [0.15, 0.2) is 0 Å². The number of nitrogens with one attached hydrogen (secondary N) is 1.